The molecule has 35 heavy (non-hydrogen) atoms. The summed E-state index contributed by atoms with van der Waals surface area (Å²) in [6, 6.07) is -1.67. The van der Waals surface area contributed by atoms with Gasteiger partial charge in [-0.1, -0.05) is 19.8 Å². The number of ether oxygens (including phenoxy) is 1. The topological polar surface area (TPSA) is 279 Å². The maximum Gasteiger partial charge on any atom is 0.334 e. The largest absolute Gasteiger partial charge is 0.550 e. The second-order valence-corrected chi connectivity index (χ2v) is 8.68. The van der Waals surface area contributed by atoms with Crippen molar-refractivity contribution in [3.8, 4) is 0 Å². The van der Waals surface area contributed by atoms with Crippen LogP contribution in [0.5, 0.6) is 0 Å². The highest BCUT2D eigenvalue weighted by molar-refractivity contribution is 6.00. The van der Waals surface area contributed by atoms with Crippen LogP contribution >= 0.6 is 0 Å². The van der Waals surface area contributed by atoms with Crippen LogP contribution in [0.1, 0.15) is 65.7 Å². The van der Waals surface area contributed by atoms with E-state index in [1.54, 1.807) is 13.8 Å². The number of carboxylic acids is 3. The minimum atomic E-state index is -2.97. The third-order valence-corrected chi connectivity index (χ3v) is 5.95. The lowest BCUT2D eigenvalue weighted by Crippen LogP contribution is -2.68. The molecular weight excluding hydrogens is 470 g/mol. The van der Waals surface area contributed by atoms with Gasteiger partial charge in [0.2, 0.25) is 0 Å². The van der Waals surface area contributed by atoms with E-state index in [0.717, 1.165) is 6.42 Å². The van der Waals surface area contributed by atoms with Gasteiger partial charge in [0.15, 0.2) is 5.78 Å². The smallest absolute Gasteiger partial charge is 0.334 e. The van der Waals surface area contributed by atoms with Gasteiger partial charge in [-0.3, -0.25) is 4.79 Å². The Morgan fingerprint density at radius 3 is 1.74 bits per heavy atom. The number of carboxylic acid groups (broad SMARTS) is 3. The summed E-state index contributed by atoms with van der Waals surface area (Å²) in [7, 11) is 0. The highest BCUT2D eigenvalue weighted by atomic mass is 16.6. The third kappa shape index (κ3) is 7.78. The van der Waals surface area contributed by atoms with Gasteiger partial charge in [0, 0.05) is 24.8 Å². The number of carbonyl (C=O) groups is 6. The highest BCUT2D eigenvalue weighted by Gasteiger charge is 2.60. The fourth-order valence-electron chi connectivity index (χ4n) is 4.00. The maximum atomic E-state index is 12.7. The average molecular weight is 502 g/mol. The molecule has 200 valence electrons. The Morgan fingerprint density at radius 2 is 1.40 bits per heavy atom. The zero-order valence-electron chi connectivity index (χ0n) is 19.9. The Bertz CT molecular complexity index is 826. The summed E-state index contributed by atoms with van der Waals surface area (Å²) < 4.78 is 4.82. The van der Waals surface area contributed by atoms with Gasteiger partial charge in [0.05, 0.1) is 17.4 Å². The molecule has 14 heteroatoms. The minimum Gasteiger partial charge on any atom is -0.550 e. The Hall–Kier alpha value is -2.94. The van der Waals surface area contributed by atoms with Crippen molar-refractivity contribution >= 4 is 35.6 Å². The van der Waals surface area contributed by atoms with E-state index in [0.29, 0.717) is 19.3 Å². The molecule has 1 aliphatic rings. The van der Waals surface area contributed by atoms with Crippen LogP contribution < -0.4 is 32.5 Å². The standard InChI is InChI=1S/C15H27N3O4.C6H8O7/c1-4-14(11(19)9(2)16)7-5-6-8-15(14,18)13(21)22-12(20)10(3)17;7-3(8)1-6(13,5(11)12)2-4(9)10/h9-10H,4-8,16-18H2,1-3H3;13H,1-2H2,(H,7,8)(H,9,10)(H,11,12)/p-3. The van der Waals surface area contributed by atoms with Crippen molar-refractivity contribution in [1.29, 1.82) is 0 Å². The highest BCUT2D eigenvalue weighted by Crippen LogP contribution is 2.47. The molecule has 7 N–H and O–H groups in total. The molecule has 0 aromatic heterocycles. The van der Waals surface area contributed by atoms with Gasteiger partial charge in [0.1, 0.15) is 17.2 Å². The number of aliphatic carboxylic acids is 3. The van der Waals surface area contributed by atoms with E-state index in [1.807, 2.05) is 0 Å². The Labute approximate surface area is 201 Å². The van der Waals surface area contributed by atoms with Gasteiger partial charge in [-0.15, -0.1) is 0 Å². The van der Waals surface area contributed by atoms with E-state index < -0.39 is 71.3 Å². The number of ketones is 1. The molecule has 4 atom stereocenters. The molecule has 0 saturated heterocycles. The molecule has 0 heterocycles. The predicted octanol–water partition coefficient (Wildman–Crippen LogP) is -5.27. The van der Waals surface area contributed by atoms with Gasteiger partial charge < -0.3 is 56.7 Å². The number of hydrogen-bond donors (Lipinski definition) is 4. The van der Waals surface area contributed by atoms with Gasteiger partial charge in [-0.05, 0) is 33.1 Å². The molecule has 1 saturated carbocycles. The molecule has 0 radical (unpaired) electrons. The van der Waals surface area contributed by atoms with Crippen molar-refractivity contribution in [2.24, 2.45) is 22.6 Å². The summed E-state index contributed by atoms with van der Waals surface area (Å²) in [6.07, 6.45) is -0.143. The predicted molar refractivity (Wildman–Crippen MR) is 111 cm³/mol. The van der Waals surface area contributed by atoms with Crippen molar-refractivity contribution in [2.45, 2.75) is 88.9 Å². The van der Waals surface area contributed by atoms with Crippen molar-refractivity contribution in [3.05, 3.63) is 0 Å². The molecule has 0 amide bonds. The average Bonchev–Trinajstić information content (AvgIpc) is 2.72. The lowest BCUT2D eigenvalue weighted by molar-refractivity contribution is -0.339. The van der Waals surface area contributed by atoms with Gasteiger partial charge >= 0.3 is 11.9 Å². The minimum absolute atomic E-state index is 0.262. The molecule has 0 spiro atoms. The summed E-state index contributed by atoms with van der Waals surface area (Å²) in [5.41, 5.74) is 11.9. The van der Waals surface area contributed by atoms with Crippen molar-refractivity contribution < 1.29 is 53.9 Å². The fraction of sp³-hybridized carbons (Fsp3) is 0.714. The summed E-state index contributed by atoms with van der Waals surface area (Å²) in [4.78, 5) is 66.8. The number of hydrogen-bond acceptors (Lipinski definition) is 14. The number of aliphatic hydroxyl groups is 1. The van der Waals surface area contributed by atoms with Gasteiger partial charge in [-0.2, -0.15) is 0 Å². The second-order valence-electron chi connectivity index (χ2n) is 8.68. The SMILES string of the molecule is CCC1(C(=O)C(C)N)CCCCC1(N)C(=O)OC(=O)C(C)N.O=C([O-])CC(O)(CC(=O)[O-])C(=O)[O-]. The number of rotatable bonds is 10. The first-order chi connectivity index (χ1) is 15.9. The first-order valence-electron chi connectivity index (χ1n) is 10.8. The Morgan fingerprint density at radius 1 is 0.943 bits per heavy atom. The molecular formula is C21H32N3O11-3. The van der Waals surface area contributed by atoms with Gasteiger partial charge in [-0.25, -0.2) is 9.59 Å². The fourth-order valence-corrected chi connectivity index (χ4v) is 4.00. The normalized spacial score (nSPS) is 23.6. The quantitative estimate of drug-likeness (QED) is 0.160. The number of nitrogens with two attached hydrogens (primary N) is 3. The third-order valence-electron chi connectivity index (χ3n) is 5.95. The second kappa shape index (κ2) is 12.7. The van der Waals surface area contributed by atoms with Crippen LogP contribution in [0.2, 0.25) is 0 Å². The van der Waals surface area contributed by atoms with Crippen LogP contribution in [0, 0.1) is 5.41 Å². The first-order valence-corrected chi connectivity index (χ1v) is 10.8. The zero-order chi connectivity index (χ0) is 27.8. The first kappa shape index (κ1) is 32.1. The lowest BCUT2D eigenvalue weighted by Gasteiger charge is -2.48. The number of esters is 2. The molecule has 0 aromatic carbocycles. The van der Waals surface area contributed by atoms with E-state index in [4.69, 9.17) is 27.0 Å². The summed E-state index contributed by atoms with van der Waals surface area (Å²) in [5.74, 6) is -7.98. The van der Waals surface area contributed by atoms with Crippen LogP contribution in [0.15, 0.2) is 0 Å². The lowest BCUT2D eigenvalue weighted by atomic mass is 9.57. The molecule has 1 fully saturated rings. The molecule has 14 nitrogen and oxygen atoms in total. The van der Waals surface area contributed by atoms with Crippen LogP contribution in [-0.4, -0.2) is 64.0 Å². The molecule has 1 aliphatic carbocycles. The number of carbonyl (C=O) groups excluding carboxylic acids is 6. The summed E-state index contributed by atoms with van der Waals surface area (Å²) >= 11 is 0. The van der Waals surface area contributed by atoms with Crippen LogP contribution in [-0.2, 0) is 33.5 Å². The van der Waals surface area contributed by atoms with E-state index in [9.17, 15) is 44.1 Å². The van der Waals surface area contributed by atoms with E-state index in [2.05, 4.69) is 0 Å². The molecule has 0 aliphatic heterocycles. The Kier molecular flexibility index (Phi) is 11.6. The van der Waals surface area contributed by atoms with E-state index >= 15 is 0 Å². The van der Waals surface area contributed by atoms with Crippen molar-refractivity contribution in [3.63, 3.8) is 0 Å². The molecule has 1 rings (SSSR count). The van der Waals surface area contributed by atoms with Crippen LogP contribution in [0.25, 0.3) is 0 Å². The molecule has 4 unspecified atom stereocenters. The van der Waals surface area contributed by atoms with Crippen molar-refractivity contribution in [1.82, 2.24) is 0 Å². The zero-order valence-corrected chi connectivity index (χ0v) is 19.9. The van der Waals surface area contributed by atoms with Gasteiger partial charge in [0.25, 0.3) is 0 Å². The number of Topliss-reactive ketones (excluding diaryl/α,β-unsaturated/α-hetero) is 1. The van der Waals surface area contributed by atoms with Crippen molar-refractivity contribution in [2.75, 3.05) is 0 Å². The van der Waals surface area contributed by atoms with Crippen LogP contribution in [0.3, 0.4) is 0 Å². The summed E-state index contributed by atoms with van der Waals surface area (Å²) in [5, 5.41) is 38.9. The summed E-state index contributed by atoms with van der Waals surface area (Å²) in [6.45, 7) is 4.79. The molecule has 0 bridgehead atoms. The Balaban J connectivity index is 0.000000761. The van der Waals surface area contributed by atoms with E-state index in [1.165, 1.54) is 6.92 Å². The van der Waals surface area contributed by atoms with Crippen LogP contribution in [0.4, 0.5) is 0 Å². The van der Waals surface area contributed by atoms with E-state index in [-0.39, 0.29) is 12.2 Å². The molecule has 0 aromatic rings. The monoisotopic (exact) mass is 502 g/mol. The maximum absolute atomic E-state index is 12.7.